The lowest BCUT2D eigenvalue weighted by molar-refractivity contribution is 0.393. The van der Waals surface area contributed by atoms with Crippen molar-refractivity contribution in [3.8, 4) is 5.75 Å². The van der Waals surface area contributed by atoms with Gasteiger partial charge in [0.1, 0.15) is 5.75 Å². The first-order chi connectivity index (χ1) is 8.36. The van der Waals surface area contributed by atoms with E-state index in [9.17, 15) is 5.11 Å². The van der Waals surface area contributed by atoms with Gasteiger partial charge in [-0.15, -0.1) is 12.4 Å². The third kappa shape index (κ3) is 2.31. The number of phenolic OH excluding ortho intramolecular Hbond substituents is 1. The smallest absolute Gasteiger partial charge is 0.120 e. The molecule has 0 radical (unpaired) electrons. The number of nitrogens with one attached hydrogen (secondary N) is 1. The summed E-state index contributed by atoms with van der Waals surface area (Å²) < 4.78 is 0. The highest BCUT2D eigenvalue weighted by molar-refractivity contribution is 5.88. The molecule has 0 aliphatic carbocycles. The van der Waals surface area contributed by atoms with E-state index in [2.05, 4.69) is 17.4 Å². The molecule has 1 fully saturated rings. The third-order valence-electron chi connectivity index (χ3n) is 3.61. The van der Waals surface area contributed by atoms with E-state index in [1.165, 1.54) is 23.6 Å². The molecule has 1 atom stereocenters. The number of hydrogen-bond acceptors (Lipinski definition) is 2. The van der Waals surface area contributed by atoms with Gasteiger partial charge in [0, 0.05) is 11.6 Å². The van der Waals surface area contributed by atoms with Gasteiger partial charge in [0.25, 0.3) is 0 Å². The molecule has 1 aliphatic rings. The van der Waals surface area contributed by atoms with E-state index in [-0.39, 0.29) is 12.4 Å². The number of hydrogen-bond donors (Lipinski definition) is 2. The van der Waals surface area contributed by atoms with Crippen LogP contribution in [0.25, 0.3) is 10.8 Å². The van der Waals surface area contributed by atoms with Crippen LogP contribution < -0.4 is 5.32 Å². The van der Waals surface area contributed by atoms with Crippen molar-refractivity contribution in [2.75, 3.05) is 6.54 Å². The summed E-state index contributed by atoms with van der Waals surface area (Å²) in [6.07, 6.45) is 3.59. The molecule has 18 heavy (non-hydrogen) atoms. The first-order valence-corrected chi connectivity index (χ1v) is 6.30. The summed E-state index contributed by atoms with van der Waals surface area (Å²) in [6, 6.07) is 12.4. The van der Waals surface area contributed by atoms with Crippen molar-refractivity contribution < 1.29 is 5.11 Å². The highest BCUT2D eigenvalue weighted by Crippen LogP contribution is 2.35. The molecule has 96 valence electrons. The number of piperidine rings is 1. The zero-order valence-corrected chi connectivity index (χ0v) is 11.0. The van der Waals surface area contributed by atoms with Gasteiger partial charge < -0.3 is 10.4 Å². The molecule has 2 aromatic carbocycles. The maximum atomic E-state index is 10.1. The van der Waals surface area contributed by atoms with Crippen LogP contribution in [0.4, 0.5) is 0 Å². The van der Waals surface area contributed by atoms with Crippen LogP contribution in [-0.2, 0) is 0 Å². The fourth-order valence-electron chi connectivity index (χ4n) is 2.75. The highest BCUT2D eigenvalue weighted by Gasteiger charge is 2.19. The molecular formula is C15H18ClNO. The molecule has 1 saturated heterocycles. The topological polar surface area (TPSA) is 32.3 Å². The van der Waals surface area contributed by atoms with Crippen LogP contribution in [0.5, 0.6) is 5.75 Å². The Morgan fingerprint density at radius 2 is 1.89 bits per heavy atom. The summed E-state index contributed by atoms with van der Waals surface area (Å²) in [6.45, 7) is 1.05. The second-order valence-corrected chi connectivity index (χ2v) is 4.72. The Morgan fingerprint density at radius 1 is 1.06 bits per heavy atom. The highest BCUT2D eigenvalue weighted by atomic mass is 35.5. The Bertz CT molecular complexity index is 535. The van der Waals surface area contributed by atoms with Crippen LogP contribution in [0, 0.1) is 0 Å². The van der Waals surface area contributed by atoms with Crippen LogP contribution in [0.15, 0.2) is 36.4 Å². The lowest BCUT2D eigenvalue weighted by Gasteiger charge is -2.25. The van der Waals surface area contributed by atoms with Gasteiger partial charge in [-0.2, -0.15) is 0 Å². The minimum absolute atomic E-state index is 0. The average molecular weight is 264 g/mol. The van der Waals surface area contributed by atoms with Crippen molar-refractivity contribution in [3.63, 3.8) is 0 Å². The zero-order valence-electron chi connectivity index (χ0n) is 10.2. The molecule has 0 aromatic heterocycles. The standard InChI is InChI=1S/C15H17NO.ClH/c17-14-9-8-11-5-1-2-6-12(11)15(14)13-7-3-4-10-16-13;/h1-2,5-6,8-9,13,16-17H,3-4,7,10H2;1H. The molecule has 1 aliphatic heterocycles. The number of fused-ring (bicyclic) bond motifs is 1. The van der Waals surface area contributed by atoms with Crippen LogP contribution in [0.2, 0.25) is 0 Å². The maximum absolute atomic E-state index is 10.1. The number of phenols is 1. The molecule has 2 N–H and O–H groups in total. The normalized spacial score (nSPS) is 19.4. The van der Waals surface area contributed by atoms with E-state index in [1.54, 1.807) is 0 Å². The predicted molar refractivity (Wildman–Crippen MR) is 77.5 cm³/mol. The van der Waals surface area contributed by atoms with E-state index >= 15 is 0 Å². The minimum atomic E-state index is 0. The molecule has 1 heterocycles. The van der Waals surface area contributed by atoms with Gasteiger partial charge in [0.2, 0.25) is 0 Å². The van der Waals surface area contributed by atoms with Crippen molar-refractivity contribution in [2.24, 2.45) is 0 Å². The number of rotatable bonds is 1. The van der Waals surface area contributed by atoms with E-state index < -0.39 is 0 Å². The Labute approximate surface area is 113 Å². The monoisotopic (exact) mass is 263 g/mol. The fraction of sp³-hybridized carbons (Fsp3) is 0.333. The van der Waals surface area contributed by atoms with Crippen LogP contribution >= 0.6 is 12.4 Å². The molecule has 2 nitrogen and oxygen atoms in total. The summed E-state index contributed by atoms with van der Waals surface area (Å²) in [7, 11) is 0. The predicted octanol–water partition coefficient (Wildman–Crippen LogP) is 3.78. The van der Waals surface area contributed by atoms with Crippen LogP contribution in [-0.4, -0.2) is 11.7 Å². The summed E-state index contributed by atoms with van der Waals surface area (Å²) >= 11 is 0. The lowest BCUT2D eigenvalue weighted by atomic mass is 9.92. The van der Waals surface area contributed by atoms with Gasteiger partial charge in [-0.05, 0) is 36.2 Å². The van der Waals surface area contributed by atoms with Gasteiger partial charge in [-0.25, -0.2) is 0 Å². The summed E-state index contributed by atoms with van der Waals surface area (Å²) in [5, 5.41) is 16.0. The second kappa shape index (κ2) is 5.59. The Balaban J connectivity index is 0.00000120. The molecule has 2 aromatic rings. The fourth-order valence-corrected chi connectivity index (χ4v) is 2.75. The van der Waals surface area contributed by atoms with Gasteiger partial charge in [0.15, 0.2) is 0 Å². The molecule has 0 bridgehead atoms. The molecule has 0 amide bonds. The maximum Gasteiger partial charge on any atom is 0.120 e. The quantitative estimate of drug-likeness (QED) is 0.821. The zero-order chi connectivity index (χ0) is 11.7. The lowest BCUT2D eigenvalue weighted by Crippen LogP contribution is -2.26. The summed E-state index contributed by atoms with van der Waals surface area (Å²) in [5.41, 5.74) is 1.07. The number of benzene rings is 2. The van der Waals surface area contributed by atoms with Crippen molar-refractivity contribution in [2.45, 2.75) is 25.3 Å². The number of halogens is 1. The van der Waals surface area contributed by atoms with Crippen molar-refractivity contribution in [3.05, 3.63) is 42.0 Å². The van der Waals surface area contributed by atoms with Gasteiger partial charge in [-0.1, -0.05) is 36.8 Å². The van der Waals surface area contributed by atoms with Gasteiger partial charge in [0.05, 0.1) is 0 Å². The molecule has 3 rings (SSSR count). The SMILES string of the molecule is Cl.Oc1ccc2ccccc2c1C1CCCCN1. The molecule has 3 heteroatoms. The summed E-state index contributed by atoms with van der Waals surface area (Å²) in [5.74, 6) is 0.420. The van der Waals surface area contributed by atoms with Gasteiger partial charge >= 0.3 is 0 Å². The minimum Gasteiger partial charge on any atom is -0.508 e. The van der Waals surface area contributed by atoms with Crippen LogP contribution in [0.1, 0.15) is 30.9 Å². The van der Waals surface area contributed by atoms with Crippen molar-refractivity contribution >= 4 is 23.2 Å². The Hall–Kier alpha value is -1.25. The first kappa shape index (κ1) is 13.2. The molecule has 0 saturated carbocycles. The largest absolute Gasteiger partial charge is 0.508 e. The number of aromatic hydroxyl groups is 1. The molecule has 1 unspecified atom stereocenters. The Kier molecular flexibility index (Phi) is 4.10. The van der Waals surface area contributed by atoms with Crippen molar-refractivity contribution in [1.29, 1.82) is 0 Å². The van der Waals surface area contributed by atoms with E-state index in [1.807, 2.05) is 24.3 Å². The molecule has 0 spiro atoms. The third-order valence-corrected chi connectivity index (χ3v) is 3.61. The summed E-state index contributed by atoms with van der Waals surface area (Å²) in [4.78, 5) is 0. The van der Waals surface area contributed by atoms with E-state index in [4.69, 9.17) is 0 Å². The Morgan fingerprint density at radius 3 is 2.67 bits per heavy atom. The van der Waals surface area contributed by atoms with Crippen LogP contribution in [0.3, 0.4) is 0 Å². The second-order valence-electron chi connectivity index (χ2n) is 4.72. The average Bonchev–Trinajstić information content (AvgIpc) is 2.39. The first-order valence-electron chi connectivity index (χ1n) is 6.30. The van der Waals surface area contributed by atoms with E-state index in [0.29, 0.717) is 11.8 Å². The van der Waals surface area contributed by atoms with E-state index in [0.717, 1.165) is 18.5 Å². The molecular weight excluding hydrogens is 246 g/mol. The van der Waals surface area contributed by atoms with Gasteiger partial charge in [-0.3, -0.25) is 0 Å². The van der Waals surface area contributed by atoms with Crippen molar-refractivity contribution in [1.82, 2.24) is 5.32 Å².